The van der Waals surface area contributed by atoms with Crippen LogP contribution in [0.3, 0.4) is 0 Å². The zero-order valence-electron chi connectivity index (χ0n) is 11.8. The lowest BCUT2D eigenvalue weighted by molar-refractivity contribution is -0.139. The maximum atomic E-state index is 12.5. The van der Waals surface area contributed by atoms with Crippen LogP contribution in [-0.2, 0) is 4.79 Å². The average molecular weight is 308 g/mol. The molecule has 1 aromatic heterocycles. The second-order valence-corrected chi connectivity index (χ2v) is 6.81. The molecule has 0 radical (unpaired) electrons. The molecule has 0 spiro atoms. The molecule has 2 N–H and O–H groups in total. The maximum absolute atomic E-state index is 12.5. The van der Waals surface area contributed by atoms with Crippen LogP contribution >= 0.6 is 11.3 Å². The van der Waals surface area contributed by atoms with Gasteiger partial charge in [0.1, 0.15) is 0 Å². The molecule has 3 rings (SSSR count). The number of amides is 2. The number of piperidine rings is 1. The first-order valence-electron chi connectivity index (χ1n) is 7.50. The van der Waals surface area contributed by atoms with Gasteiger partial charge in [-0.05, 0) is 43.0 Å². The highest BCUT2D eigenvalue weighted by molar-refractivity contribution is 7.10. The number of carbonyl (C=O) groups excluding carboxylic acids is 1. The maximum Gasteiger partial charge on any atom is 0.331 e. The van der Waals surface area contributed by atoms with E-state index in [0.29, 0.717) is 16.8 Å². The smallest absolute Gasteiger partial charge is 0.331 e. The Balaban J connectivity index is 1.71. The number of nitrogens with zero attached hydrogens (tertiary/aromatic N) is 1. The second kappa shape index (κ2) is 6.05. The van der Waals surface area contributed by atoms with Crippen molar-refractivity contribution in [2.45, 2.75) is 44.2 Å². The SMILES string of the molecule is O=C(O)C(NC(=O)N1CCCC2CCCC21)c1cccs1. The van der Waals surface area contributed by atoms with Gasteiger partial charge in [0.15, 0.2) is 6.04 Å². The molecule has 3 atom stereocenters. The Morgan fingerprint density at radius 1 is 1.33 bits per heavy atom. The fraction of sp³-hybridized carbons (Fsp3) is 0.600. The van der Waals surface area contributed by atoms with Gasteiger partial charge in [-0.3, -0.25) is 0 Å². The predicted octanol–water partition coefficient (Wildman–Crippen LogP) is 2.85. The third-order valence-corrected chi connectivity index (χ3v) is 5.53. The monoisotopic (exact) mass is 308 g/mol. The molecule has 0 aromatic carbocycles. The molecule has 1 saturated carbocycles. The van der Waals surface area contributed by atoms with Gasteiger partial charge in [0.2, 0.25) is 0 Å². The van der Waals surface area contributed by atoms with E-state index in [1.165, 1.54) is 30.6 Å². The van der Waals surface area contributed by atoms with E-state index in [1.807, 2.05) is 10.3 Å². The van der Waals surface area contributed by atoms with E-state index in [0.717, 1.165) is 19.4 Å². The van der Waals surface area contributed by atoms with E-state index in [1.54, 1.807) is 12.1 Å². The fourth-order valence-corrected chi connectivity index (χ4v) is 4.39. The number of likely N-dealkylation sites (tertiary alicyclic amines) is 1. The lowest BCUT2D eigenvalue weighted by atomic mass is 9.92. The van der Waals surface area contributed by atoms with Gasteiger partial charge in [-0.25, -0.2) is 9.59 Å². The zero-order chi connectivity index (χ0) is 14.8. The van der Waals surface area contributed by atoms with Crippen LogP contribution in [0, 0.1) is 5.92 Å². The molecule has 1 aliphatic carbocycles. The van der Waals surface area contributed by atoms with Crippen molar-refractivity contribution in [2.24, 2.45) is 5.92 Å². The summed E-state index contributed by atoms with van der Waals surface area (Å²) in [6, 6.07) is 2.68. The summed E-state index contributed by atoms with van der Waals surface area (Å²) in [7, 11) is 0. The Kier molecular flexibility index (Phi) is 4.14. The Hall–Kier alpha value is -1.56. The molecule has 3 unspecified atom stereocenters. The minimum Gasteiger partial charge on any atom is -0.479 e. The Labute approximate surface area is 128 Å². The minimum absolute atomic E-state index is 0.229. The number of carboxylic acid groups (broad SMARTS) is 1. The first kappa shape index (κ1) is 14.4. The number of carbonyl (C=O) groups is 2. The lowest BCUT2D eigenvalue weighted by Gasteiger charge is -2.38. The number of thiophene rings is 1. The number of aliphatic carboxylic acids is 1. The van der Waals surface area contributed by atoms with Crippen molar-refractivity contribution >= 4 is 23.3 Å². The van der Waals surface area contributed by atoms with E-state index in [4.69, 9.17) is 0 Å². The molecule has 2 amide bonds. The largest absolute Gasteiger partial charge is 0.479 e. The third-order valence-electron chi connectivity index (χ3n) is 4.60. The summed E-state index contributed by atoms with van der Waals surface area (Å²) in [6.45, 7) is 0.740. The van der Waals surface area contributed by atoms with Gasteiger partial charge in [-0.15, -0.1) is 11.3 Å². The topological polar surface area (TPSA) is 69.6 Å². The van der Waals surface area contributed by atoms with Gasteiger partial charge < -0.3 is 15.3 Å². The van der Waals surface area contributed by atoms with Crippen molar-refractivity contribution in [3.05, 3.63) is 22.4 Å². The predicted molar refractivity (Wildman–Crippen MR) is 80.3 cm³/mol. The van der Waals surface area contributed by atoms with Crippen LogP contribution in [-0.4, -0.2) is 34.6 Å². The molecule has 0 bridgehead atoms. The van der Waals surface area contributed by atoms with Gasteiger partial charge in [0.05, 0.1) is 0 Å². The molecule has 5 nitrogen and oxygen atoms in total. The van der Waals surface area contributed by atoms with E-state index in [-0.39, 0.29) is 6.03 Å². The number of hydrogen-bond donors (Lipinski definition) is 2. The van der Waals surface area contributed by atoms with Crippen LogP contribution in [0.4, 0.5) is 4.79 Å². The fourth-order valence-electron chi connectivity index (χ4n) is 3.62. The molecule has 2 aliphatic rings. The highest BCUT2D eigenvalue weighted by atomic mass is 32.1. The number of carboxylic acids is 1. The van der Waals surface area contributed by atoms with E-state index >= 15 is 0 Å². The quantitative estimate of drug-likeness (QED) is 0.902. The van der Waals surface area contributed by atoms with Crippen LogP contribution in [0.5, 0.6) is 0 Å². The van der Waals surface area contributed by atoms with E-state index in [9.17, 15) is 14.7 Å². The highest BCUT2D eigenvalue weighted by Gasteiger charge is 2.38. The summed E-state index contributed by atoms with van der Waals surface area (Å²) in [5.74, 6) is -0.403. The summed E-state index contributed by atoms with van der Waals surface area (Å²) in [5, 5.41) is 13.9. The van der Waals surface area contributed by atoms with Gasteiger partial charge in [-0.2, -0.15) is 0 Å². The van der Waals surface area contributed by atoms with Crippen molar-refractivity contribution in [1.82, 2.24) is 10.2 Å². The van der Waals surface area contributed by atoms with Crippen LogP contribution in [0.1, 0.15) is 43.0 Å². The summed E-state index contributed by atoms with van der Waals surface area (Å²) in [5.41, 5.74) is 0. The van der Waals surface area contributed by atoms with Gasteiger partial charge in [0, 0.05) is 17.5 Å². The van der Waals surface area contributed by atoms with Crippen LogP contribution in [0.25, 0.3) is 0 Å². The number of hydrogen-bond acceptors (Lipinski definition) is 3. The average Bonchev–Trinajstić information content (AvgIpc) is 3.14. The number of fused-ring (bicyclic) bond motifs is 1. The summed E-state index contributed by atoms with van der Waals surface area (Å²) in [4.78, 5) is 26.5. The lowest BCUT2D eigenvalue weighted by Crippen LogP contribution is -2.51. The third kappa shape index (κ3) is 2.90. The van der Waals surface area contributed by atoms with Crippen molar-refractivity contribution in [2.75, 3.05) is 6.54 Å². The molecular formula is C15H20N2O3S. The molecule has 114 valence electrons. The number of rotatable bonds is 3. The molecule has 1 aliphatic heterocycles. The first-order valence-corrected chi connectivity index (χ1v) is 8.38. The molecule has 6 heteroatoms. The van der Waals surface area contributed by atoms with E-state index < -0.39 is 12.0 Å². The van der Waals surface area contributed by atoms with Crippen LogP contribution in [0.15, 0.2) is 17.5 Å². The Morgan fingerprint density at radius 3 is 2.86 bits per heavy atom. The van der Waals surface area contributed by atoms with Crippen molar-refractivity contribution in [3.63, 3.8) is 0 Å². The van der Waals surface area contributed by atoms with Crippen molar-refractivity contribution in [3.8, 4) is 0 Å². The second-order valence-electron chi connectivity index (χ2n) is 5.83. The molecular weight excluding hydrogens is 288 g/mol. The normalized spacial score (nSPS) is 26.2. The van der Waals surface area contributed by atoms with Gasteiger partial charge >= 0.3 is 12.0 Å². The minimum atomic E-state index is -1.01. The summed E-state index contributed by atoms with van der Waals surface area (Å²) >= 11 is 1.35. The standard InChI is InChI=1S/C15H20N2O3S/c18-14(19)13(12-7-3-9-21-12)16-15(20)17-8-2-5-10-4-1-6-11(10)17/h3,7,9-11,13H,1-2,4-6,8H2,(H,16,20)(H,18,19). The molecule has 21 heavy (non-hydrogen) atoms. The Morgan fingerprint density at radius 2 is 2.14 bits per heavy atom. The van der Waals surface area contributed by atoms with Crippen LogP contribution < -0.4 is 5.32 Å². The highest BCUT2D eigenvalue weighted by Crippen LogP contribution is 2.36. The molecule has 1 saturated heterocycles. The van der Waals surface area contributed by atoms with Gasteiger partial charge in [0.25, 0.3) is 0 Å². The molecule has 1 aromatic rings. The van der Waals surface area contributed by atoms with E-state index in [2.05, 4.69) is 5.32 Å². The molecule has 2 fully saturated rings. The number of urea groups is 1. The zero-order valence-corrected chi connectivity index (χ0v) is 12.6. The van der Waals surface area contributed by atoms with Gasteiger partial charge in [-0.1, -0.05) is 12.5 Å². The summed E-state index contributed by atoms with van der Waals surface area (Å²) < 4.78 is 0. The van der Waals surface area contributed by atoms with Crippen molar-refractivity contribution in [1.29, 1.82) is 0 Å². The first-order chi connectivity index (χ1) is 10.2. The Bertz CT molecular complexity index is 517. The molecule has 2 heterocycles. The van der Waals surface area contributed by atoms with Crippen LogP contribution in [0.2, 0.25) is 0 Å². The number of nitrogens with one attached hydrogen (secondary N) is 1. The van der Waals surface area contributed by atoms with Crippen molar-refractivity contribution < 1.29 is 14.7 Å². The summed E-state index contributed by atoms with van der Waals surface area (Å²) in [6.07, 6.45) is 5.63.